The number of benzene rings is 3. The van der Waals surface area contributed by atoms with Crippen LogP contribution in [-0.2, 0) is 0 Å². The second-order valence-electron chi connectivity index (χ2n) is 5.71. The van der Waals surface area contributed by atoms with E-state index in [0.717, 1.165) is 27.2 Å². The van der Waals surface area contributed by atoms with Gasteiger partial charge in [-0.3, -0.25) is 4.79 Å². The van der Waals surface area contributed by atoms with Crippen LogP contribution in [0.5, 0.6) is 0 Å². The lowest BCUT2D eigenvalue weighted by Gasteiger charge is -2.06. The molecule has 0 aliphatic rings. The van der Waals surface area contributed by atoms with E-state index >= 15 is 0 Å². The van der Waals surface area contributed by atoms with Gasteiger partial charge in [0, 0.05) is 33.2 Å². The highest BCUT2D eigenvalue weighted by Gasteiger charge is 2.17. The number of aromatic nitrogens is 1. The van der Waals surface area contributed by atoms with Crippen LogP contribution < -0.4 is 0 Å². The van der Waals surface area contributed by atoms with Crippen molar-refractivity contribution in [2.24, 2.45) is 0 Å². The Bertz CT molecular complexity index is 1060. The first-order valence-electron chi connectivity index (χ1n) is 7.45. The summed E-state index contributed by atoms with van der Waals surface area (Å²) in [5, 5.41) is 3.56. The molecule has 4 aromatic rings. The van der Waals surface area contributed by atoms with Gasteiger partial charge in [0.25, 0.3) is 0 Å². The summed E-state index contributed by atoms with van der Waals surface area (Å²) in [6.07, 6.45) is 1.77. The Morgan fingerprint density at radius 1 is 0.957 bits per heavy atom. The second kappa shape index (κ2) is 5.25. The molecule has 23 heavy (non-hydrogen) atoms. The van der Waals surface area contributed by atoms with Crippen LogP contribution in [0.15, 0.2) is 60.8 Å². The van der Waals surface area contributed by atoms with Gasteiger partial charge in [-0.15, -0.1) is 0 Å². The standard InChI is InChI=1S/C20H14ClNO/c1-12-9-19-16(10-18(12)21)17(11-22-19)20(23)15-8-4-6-13-5-2-3-7-14(13)15/h2-11,22H,1H3. The fourth-order valence-corrected chi connectivity index (χ4v) is 3.17. The third kappa shape index (κ3) is 2.23. The number of halogens is 1. The first-order chi connectivity index (χ1) is 11.1. The molecule has 0 spiro atoms. The molecular weight excluding hydrogens is 306 g/mol. The molecule has 3 heteroatoms. The van der Waals surface area contributed by atoms with Crippen LogP contribution in [0.3, 0.4) is 0 Å². The van der Waals surface area contributed by atoms with Gasteiger partial charge in [0.2, 0.25) is 0 Å². The zero-order valence-electron chi connectivity index (χ0n) is 12.6. The average molecular weight is 320 g/mol. The van der Waals surface area contributed by atoms with E-state index in [9.17, 15) is 4.79 Å². The average Bonchev–Trinajstić information content (AvgIpc) is 2.97. The maximum absolute atomic E-state index is 13.1. The Kier molecular flexibility index (Phi) is 3.21. The minimum Gasteiger partial charge on any atom is -0.360 e. The number of ketones is 1. The summed E-state index contributed by atoms with van der Waals surface area (Å²) in [4.78, 5) is 16.2. The van der Waals surface area contributed by atoms with Gasteiger partial charge in [0.05, 0.1) is 0 Å². The number of hydrogen-bond donors (Lipinski definition) is 1. The highest BCUT2D eigenvalue weighted by molar-refractivity contribution is 6.32. The summed E-state index contributed by atoms with van der Waals surface area (Å²) in [6.45, 7) is 1.95. The highest BCUT2D eigenvalue weighted by Crippen LogP contribution is 2.29. The van der Waals surface area contributed by atoms with E-state index in [4.69, 9.17) is 11.6 Å². The number of hydrogen-bond acceptors (Lipinski definition) is 1. The molecule has 112 valence electrons. The van der Waals surface area contributed by atoms with E-state index in [2.05, 4.69) is 4.98 Å². The molecule has 0 fully saturated rings. The minimum atomic E-state index is 0.00738. The molecule has 4 rings (SSSR count). The summed E-state index contributed by atoms with van der Waals surface area (Å²) < 4.78 is 0. The molecular formula is C20H14ClNO. The summed E-state index contributed by atoms with van der Waals surface area (Å²) in [7, 11) is 0. The van der Waals surface area contributed by atoms with Crippen LogP contribution in [0.2, 0.25) is 5.02 Å². The lowest BCUT2D eigenvalue weighted by atomic mass is 9.97. The van der Waals surface area contributed by atoms with Gasteiger partial charge in [-0.2, -0.15) is 0 Å². The summed E-state index contributed by atoms with van der Waals surface area (Å²) in [5.41, 5.74) is 3.28. The maximum atomic E-state index is 13.1. The molecule has 1 heterocycles. The molecule has 3 aromatic carbocycles. The number of aryl methyl sites for hydroxylation is 1. The number of H-pyrrole nitrogens is 1. The van der Waals surface area contributed by atoms with Crippen molar-refractivity contribution in [2.45, 2.75) is 6.92 Å². The number of aromatic amines is 1. The Balaban J connectivity index is 1.94. The number of carbonyl (C=O) groups is 1. The van der Waals surface area contributed by atoms with Crippen LogP contribution in [0.1, 0.15) is 21.5 Å². The molecule has 0 atom stereocenters. The van der Waals surface area contributed by atoms with Crippen LogP contribution in [0, 0.1) is 6.92 Å². The lowest BCUT2D eigenvalue weighted by molar-refractivity contribution is 0.104. The van der Waals surface area contributed by atoms with Crippen molar-refractivity contribution in [3.05, 3.63) is 82.5 Å². The van der Waals surface area contributed by atoms with Crippen molar-refractivity contribution in [1.82, 2.24) is 4.98 Å². The molecule has 1 aromatic heterocycles. The highest BCUT2D eigenvalue weighted by atomic mass is 35.5. The molecule has 0 aliphatic heterocycles. The molecule has 0 unspecified atom stereocenters. The monoisotopic (exact) mass is 319 g/mol. The Morgan fingerprint density at radius 2 is 1.74 bits per heavy atom. The number of nitrogens with one attached hydrogen (secondary N) is 1. The van der Waals surface area contributed by atoms with E-state index in [1.54, 1.807) is 6.20 Å². The Labute approximate surface area is 138 Å². The molecule has 1 N–H and O–H groups in total. The third-order valence-corrected chi connectivity index (χ3v) is 4.65. The fraction of sp³-hybridized carbons (Fsp3) is 0.0500. The zero-order valence-corrected chi connectivity index (χ0v) is 13.3. The quantitative estimate of drug-likeness (QED) is 0.485. The van der Waals surface area contributed by atoms with E-state index < -0.39 is 0 Å². The van der Waals surface area contributed by atoms with Crippen molar-refractivity contribution in [3.8, 4) is 0 Å². The summed E-state index contributed by atoms with van der Waals surface area (Å²) >= 11 is 6.24. The smallest absolute Gasteiger partial charge is 0.195 e. The molecule has 0 bridgehead atoms. The van der Waals surface area contributed by atoms with Crippen LogP contribution in [0.25, 0.3) is 21.7 Å². The zero-order chi connectivity index (χ0) is 16.0. The topological polar surface area (TPSA) is 32.9 Å². The van der Waals surface area contributed by atoms with E-state index in [1.165, 1.54) is 0 Å². The van der Waals surface area contributed by atoms with Crippen molar-refractivity contribution in [3.63, 3.8) is 0 Å². The van der Waals surface area contributed by atoms with E-state index in [1.807, 2.05) is 61.5 Å². The van der Waals surface area contributed by atoms with Gasteiger partial charge in [0.15, 0.2) is 5.78 Å². The van der Waals surface area contributed by atoms with Gasteiger partial charge in [-0.25, -0.2) is 0 Å². The Morgan fingerprint density at radius 3 is 2.61 bits per heavy atom. The van der Waals surface area contributed by atoms with Crippen LogP contribution in [0.4, 0.5) is 0 Å². The van der Waals surface area contributed by atoms with Crippen molar-refractivity contribution < 1.29 is 4.79 Å². The summed E-state index contributed by atoms with van der Waals surface area (Å²) in [6, 6.07) is 17.6. The normalized spacial score (nSPS) is 11.2. The molecule has 2 nitrogen and oxygen atoms in total. The van der Waals surface area contributed by atoms with Crippen molar-refractivity contribution in [2.75, 3.05) is 0 Å². The van der Waals surface area contributed by atoms with Crippen molar-refractivity contribution in [1.29, 1.82) is 0 Å². The number of fused-ring (bicyclic) bond motifs is 2. The van der Waals surface area contributed by atoms with E-state index in [0.29, 0.717) is 16.1 Å². The van der Waals surface area contributed by atoms with E-state index in [-0.39, 0.29) is 5.78 Å². The van der Waals surface area contributed by atoms with Gasteiger partial charge < -0.3 is 4.98 Å². The third-order valence-electron chi connectivity index (χ3n) is 4.24. The number of rotatable bonds is 2. The fourth-order valence-electron chi connectivity index (χ4n) is 3.01. The first kappa shape index (κ1) is 14.0. The minimum absolute atomic E-state index is 0.00738. The van der Waals surface area contributed by atoms with Crippen molar-refractivity contribution >= 4 is 39.1 Å². The predicted octanol–water partition coefficient (Wildman–Crippen LogP) is 5.51. The van der Waals surface area contributed by atoms with Gasteiger partial charge in [-0.05, 0) is 35.4 Å². The van der Waals surface area contributed by atoms with Gasteiger partial charge >= 0.3 is 0 Å². The summed E-state index contributed by atoms with van der Waals surface area (Å²) in [5.74, 6) is 0.00738. The second-order valence-corrected chi connectivity index (χ2v) is 6.11. The van der Waals surface area contributed by atoms with Gasteiger partial charge in [-0.1, -0.05) is 54.1 Å². The SMILES string of the molecule is Cc1cc2[nH]cc(C(=O)c3cccc4ccccc34)c2cc1Cl. The molecule has 0 saturated heterocycles. The van der Waals surface area contributed by atoms with Crippen LogP contribution in [-0.4, -0.2) is 10.8 Å². The predicted molar refractivity (Wildman–Crippen MR) is 95.4 cm³/mol. The van der Waals surface area contributed by atoms with Crippen LogP contribution >= 0.6 is 11.6 Å². The molecule has 0 saturated carbocycles. The molecule has 0 aliphatic carbocycles. The maximum Gasteiger partial charge on any atom is 0.195 e. The first-order valence-corrected chi connectivity index (χ1v) is 7.82. The Hall–Kier alpha value is -2.58. The van der Waals surface area contributed by atoms with Gasteiger partial charge in [0.1, 0.15) is 0 Å². The largest absolute Gasteiger partial charge is 0.360 e. The molecule has 0 amide bonds. The molecule has 0 radical (unpaired) electrons. The lowest BCUT2D eigenvalue weighted by Crippen LogP contribution is -2.01. The number of carbonyl (C=O) groups excluding carboxylic acids is 1.